The van der Waals surface area contributed by atoms with E-state index < -0.39 is 0 Å². The Hall–Kier alpha value is -2.39. The zero-order valence-corrected chi connectivity index (χ0v) is 21.2. The number of aliphatic imine (C=N–C) groups is 1. The number of hydrogen-bond donors (Lipinski definition) is 2. The fraction of sp³-hybridized carbons (Fsp3) is 0.360. The normalized spacial score (nSPS) is 11.1. The Balaban J connectivity index is 0.00000363. The minimum absolute atomic E-state index is 0. The number of aromatic nitrogens is 1. The highest BCUT2D eigenvalue weighted by Gasteiger charge is 2.06. The first-order valence-corrected chi connectivity index (χ1v) is 10.9. The fourth-order valence-electron chi connectivity index (χ4n) is 3.01. The van der Waals surface area contributed by atoms with Gasteiger partial charge in [-0.3, -0.25) is 0 Å². The van der Waals surface area contributed by atoms with E-state index in [1.54, 1.807) is 6.26 Å². The molecule has 172 valence electrons. The number of unbranched alkanes of at least 4 members (excludes halogenated alkanes) is 1. The lowest BCUT2D eigenvalue weighted by Gasteiger charge is -2.11. The van der Waals surface area contributed by atoms with Gasteiger partial charge in [-0.05, 0) is 44.4 Å². The van der Waals surface area contributed by atoms with E-state index in [0.717, 1.165) is 49.8 Å². The van der Waals surface area contributed by atoms with Gasteiger partial charge in [0.1, 0.15) is 12.0 Å². The summed E-state index contributed by atoms with van der Waals surface area (Å²) in [6.07, 6.45) is 3.69. The summed E-state index contributed by atoms with van der Waals surface area (Å²) < 4.78 is 11.3. The number of hydrogen-bond acceptors (Lipinski definition) is 4. The monoisotopic (exact) mass is 548 g/mol. The molecule has 0 unspecified atom stereocenters. The summed E-state index contributed by atoms with van der Waals surface area (Å²) in [5.74, 6) is 1.41. The summed E-state index contributed by atoms with van der Waals surface area (Å²) in [5.41, 5.74) is 4.20. The lowest BCUT2D eigenvalue weighted by atomic mass is 10.1. The zero-order chi connectivity index (χ0) is 21.7. The highest BCUT2D eigenvalue weighted by molar-refractivity contribution is 14.0. The second kappa shape index (κ2) is 14.6. The van der Waals surface area contributed by atoms with E-state index in [1.807, 2.05) is 30.3 Å². The van der Waals surface area contributed by atoms with Gasteiger partial charge in [0.2, 0.25) is 5.89 Å². The maximum atomic E-state index is 5.73. The van der Waals surface area contributed by atoms with Gasteiger partial charge < -0.3 is 19.8 Å². The smallest absolute Gasteiger partial charge is 0.226 e. The quantitative estimate of drug-likeness (QED) is 0.147. The molecule has 32 heavy (non-hydrogen) atoms. The van der Waals surface area contributed by atoms with Crippen molar-refractivity contribution >= 4 is 29.9 Å². The van der Waals surface area contributed by atoms with Crippen LogP contribution in [-0.4, -0.2) is 30.6 Å². The van der Waals surface area contributed by atoms with Gasteiger partial charge >= 0.3 is 0 Å². The van der Waals surface area contributed by atoms with Crippen molar-refractivity contribution in [3.8, 4) is 11.5 Å². The number of benzene rings is 2. The van der Waals surface area contributed by atoms with E-state index in [4.69, 9.17) is 9.15 Å². The van der Waals surface area contributed by atoms with Crippen molar-refractivity contribution in [3.05, 3.63) is 77.7 Å². The van der Waals surface area contributed by atoms with Gasteiger partial charge in [-0.15, -0.1) is 24.0 Å². The van der Waals surface area contributed by atoms with Crippen LogP contribution in [-0.2, 0) is 17.9 Å². The van der Waals surface area contributed by atoms with Crippen molar-refractivity contribution in [2.24, 2.45) is 4.99 Å². The number of nitrogens with zero attached hydrogens (tertiary/aromatic N) is 2. The second-order valence-corrected chi connectivity index (χ2v) is 7.38. The number of ether oxygens (including phenoxy) is 1. The molecule has 0 spiro atoms. The van der Waals surface area contributed by atoms with Gasteiger partial charge in [0.15, 0.2) is 5.96 Å². The SMILES string of the molecule is CCNC(=NCc1coc(-c2ccc(C)cc2)n1)NCCCCOCc1ccccc1.I. The highest BCUT2D eigenvalue weighted by Crippen LogP contribution is 2.19. The average Bonchev–Trinajstić information content (AvgIpc) is 3.27. The Morgan fingerprint density at radius 2 is 1.81 bits per heavy atom. The van der Waals surface area contributed by atoms with Gasteiger partial charge in [0, 0.05) is 25.3 Å². The molecule has 1 heterocycles. The van der Waals surface area contributed by atoms with Crippen LogP contribution < -0.4 is 10.6 Å². The van der Waals surface area contributed by atoms with Crippen molar-refractivity contribution in [1.29, 1.82) is 0 Å². The standard InChI is InChI=1S/C25H32N4O2.HI/c1-3-26-25(27-15-7-8-16-30-18-21-9-5-4-6-10-21)28-17-23-19-31-24(29-23)22-13-11-20(2)12-14-22;/h4-6,9-14,19H,3,7-8,15-18H2,1-2H3,(H2,26,27,28);1H. The Morgan fingerprint density at radius 3 is 2.56 bits per heavy atom. The van der Waals surface area contributed by atoms with Crippen molar-refractivity contribution < 1.29 is 9.15 Å². The molecular formula is C25H33IN4O2. The van der Waals surface area contributed by atoms with Gasteiger partial charge in [-0.1, -0.05) is 48.0 Å². The fourth-order valence-corrected chi connectivity index (χ4v) is 3.01. The minimum Gasteiger partial charge on any atom is -0.444 e. The first-order valence-electron chi connectivity index (χ1n) is 10.9. The van der Waals surface area contributed by atoms with Crippen LogP contribution in [0.2, 0.25) is 0 Å². The van der Waals surface area contributed by atoms with Crippen molar-refractivity contribution in [2.75, 3.05) is 19.7 Å². The van der Waals surface area contributed by atoms with Crippen LogP contribution in [0.3, 0.4) is 0 Å². The Kier molecular flexibility index (Phi) is 11.8. The van der Waals surface area contributed by atoms with E-state index >= 15 is 0 Å². The molecule has 0 fully saturated rings. The first kappa shape index (κ1) is 25.9. The predicted octanol–water partition coefficient (Wildman–Crippen LogP) is 5.32. The van der Waals surface area contributed by atoms with E-state index in [9.17, 15) is 0 Å². The molecule has 0 aliphatic carbocycles. The number of aryl methyl sites for hydroxylation is 1. The zero-order valence-electron chi connectivity index (χ0n) is 18.8. The van der Waals surface area contributed by atoms with Crippen LogP contribution in [0, 0.1) is 6.92 Å². The van der Waals surface area contributed by atoms with Gasteiger partial charge in [-0.25, -0.2) is 9.98 Å². The molecule has 1 aromatic heterocycles. The second-order valence-electron chi connectivity index (χ2n) is 7.38. The number of guanidine groups is 1. The highest BCUT2D eigenvalue weighted by atomic mass is 127. The Morgan fingerprint density at radius 1 is 1.03 bits per heavy atom. The summed E-state index contributed by atoms with van der Waals surface area (Å²) in [7, 11) is 0. The summed E-state index contributed by atoms with van der Waals surface area (Å²) in [6, 6.07) is 18.4. The lowest BCUT2D eigenvalue weighted by molar-refractivity contribution is 0.117. The summed E-state index contributed by atoms with van der Waals surface area (Å²) in [6.45, 7) is 7.65. The van der Waals surface area contributed by atoms with Crippen molar-refractivity contribution in [2.45, 2.75) is 39.8 Å². The van der Waals surface area contributed by atoms with Gasteiger partial charge in [0.05, 0.1) is 13.2 Å². The number of nitrogens with one attached hydrogen (secondary N) is 2. The molecule has 2 N–H and O–H groups in total. The predicted molar refractivity (Wildman–Crippen MR) is 140 cm³/mol. The summed E-state index contributed by atoms with van der Waals surface area (Å²) in [4.78, 5) is 9.17. The van der Waals surface area contributed by atoms with E-state index in [-0.39, 0.29) is 24.0 Å². The lowest BCUT2D eigenvalue weighted by Crippen LogP contribution is -2.37. The molecule has 7 heteroatoms. The molecule has 0 atom stereocenters. The van der Waals surface area contributed by atoms with Crippen LogP contribution in [0.5, 0.6) is 0 Å². The molecular weight excluding hydrogens is 515 g/mol. The molecule has 3 rings (SSSR count). The van der Waals surface area contributed by atoms with E-state index in [2.05, 4.69) is 58.7 Å². The molecule has 3 aromatic rings. The molecule has 0 aliphatic heterocycles. The van der Waals surface area contributed by atoms with E-state index in [1.165, 1.54) is 11.1 Å². The molecule has 0 aliphatic rings. The number of halogens is 1. The third kappa shape index (κ3) is 9.00. The summed E-state index contributed by atoms with van der Waals surface area (Å²) in [5, 5.41) is 6.64. The van der Waals surface area contributed by atoms with Crippen LogP contribution in [0.4, 0.5) is 0 Å². The molecule has 0 saturated carbocycles. The topological polar surface area (TPSA) is 71.7 Å². The average molecular weight is 548 g/mol. The molecule has 0 saturated heterocycles. The largest absolute Gasteiger partial charge is 0.444 e. The molecule has 6 nitrogen and oxygen atoms in total. The minimum atomic E-state index is 0. The van der Waals surface area contributed by atoms with E-state index in [0.29, 0.717) is 19.0 Å². The summed E-state index contributed by atoms with van der Waals surface area (Å²) >= 11 is 0. The number of oxazole rings is 1. The van der Waals surface area contributed by atoms with Crippen LogP contribution in [0.1, 0.15) is 36.6 Å². The van der Waals surface area contributed by atoms with Crippen molar-refractivity contribution in [3.63, 3.8) is 0 Å². The van der Waals surface area contributed by atoms with Crippen LogP contribution in [0.15, 0.2) is 70.3 Å². The Labute approximate surface area is 207 Å². The number of rotatable bonds is 11. The molecule has 2 aromatic carbocycles. The maximum Gasteiger partial charge on any atom is 0.226 e. The van der Waals surface area contributed by atoms with Crippen LogP contribution >= 0.6 is 24.0 Å². The van der Waals surface area contributed by atoms with Crippen LogP contribution in [0.25, 0.3) is 11.5 Å². The molecule has 0 radical (unpaired) electrons. The third-order valence-electron chi connectivity index (χ3n) is 4.71. The van der Waals surface area contributed by atoms with Gasteiger partial charge in [-0.2, -0.15) is 0 Å². The van der Waals surface area contributed by atoms with Crippen molar-refractivity contribution in [1.82, 2.24) is 15.6 Å². The molecule has 0 amide bonds. The maximum absolute atomic E-state index is 5.73. The first-order chi connectivity index (χ1) is 15.2. The van der Waals surface area contributed by atoms with Gasteiger partial charge in [0.25, 0.3) is 0 Å². The molecule has 0 bridgehead atoms. The Bertz CT molecular complexity index is 927. The third-order valence-corrected chi connectivity index (χ3v) is 4.71.